The Labute approximate surface area is 86.3 Å². The van der Waals surface area contributed by atoms with Gasteiger partial charge in [-0.25, -0.2) is 0 Å². The van der Waals surface area contributed by atoms with Crippen molar-refractivity contribution in [2.75, 3.05) is 5.73 Å². The zero-order chi connectivity index (χ0) is 11.3. The molecular weight excluding hydrogens is 194 g/mol. The van der Waals surface area contributed by atoms with E-state index in [-0.39, 0.29) is 17.7 Å². The van der Waals surface area contributed by atoms with Crippen molar-refractivity contribution in [1.29, 1.82) is 5.26 Å². The van der Waals surface area contributed by atoms with Crippen molar-refractivity contribution in [1.82, 2.24) is 0 Å². The average Bonchev–Trinajstić information content (AvgIpc) is 2.18. The lowest BCUT2D eigenvalue weighted by molar-refractivity contribution is -0.385. The van der Waals surface area contributed by atoms with Gasteiger partial charge in [-0.1, -0.05) is 11.8 Å². The molecule has 0 atom stereocenters. The number of benzene rings is 1. The predicted molar refractivity (Wildman–Crippen MR) is 54.6 cm³/mol. The highest BCUT2D eigenvalue weighted by atomic mass is 16.6. The highest BCUT2D eigenvalue weighted by molar-refractivity contribution is 5.58. The molecule has 0 saturated carbocycles. The first-order valence-corrected chi connectivity index (χ1v) is 4.05. The molecule has 1 rings (SSSR count). The number of hydrogen-bond acceptors (Lipinski definition) is 4. The fourth-order valence-corrected chi connectivity index (χ4v) is 0.992. The van der Waals surface area contributed by atoms with Gasteiger partial charge in [0.25, 0.3) is 5.69 Å². The van der Waals surface area contributed by atoms with Crippen LogP contribution in [0.15, 0.2) is 18.2 Å². The standard InChI is InChI=1S/C10H7N3O2/c11-6-2-1-3-8-7-9(12)4-5-10(8)13(14)15/h4-5,7H,2,12H2. The van der Waals surface area contributed by atoms with Crippen LogP contribution in [0.25, 0.3) is 0 Å². The van der Waals surface area contributed by atoms with Crippen LogP contribution < -0.4 is 5.73 Å². The van der Waals surface area contributed by atoms with E-state index in [0.29, 0.717) is 5.69 Å². The van der Waals surface area contributed by atoms with Crippen molar-refractivity contribution in [2.24, 2.45) is 0 Å². The van der Waals surface area contributed by atoms with Crippen molar-refractivity contribution in [3.63, 3.8) is 0 Å². The van der Waals surface area contributed by atoms with E-state index >= 15 is 0 Å². The lowest BCUT2D eigenvalue weighted by Gasteiger charge is -1.96. The van der Waals surface area contributed by atoms with Gasteiger partial charge in [-0.3, -0.25) is 10.1 Å². The second-order valence-electron chi connectivity index (χ2n) is 2.67. The summed E-state index contributed by atoms with van der Waals surface area (Å²) in [4.78, 5) is 10.1. The Bertz CT molecular complexity index is 492. The predicted octanol–water partition coefficient (Wildman–Crippen LogP) is 1.44. The van der Waals surface area contributed by atoms with Gasteiger partial charge in [0.2, 0.25) is 0 Å². The Hall–Kier alpha value is -2.53. The molecule has 0 heterocycles. The second-order valence-corrected chi connectivity index (χ2v) is 2.67. The minimum atomic E-state index is -0.532. The average molecular weight is 201 g/mol. The molecule has 0 spiro atoms. The van der Waals surface area contributed by atoms with Crippen LogP contribution in [0.1, 0.15) is 12.0 Å². The van der Waals surface area contributed by atoms with Gasteiger partial charge in [-0.05, 0) is 12.1 Å². The zero-order valence-corrected chi connectivity index (χ0v) is 7.73. The molecule has 0 amide bonds. The van der Waals surface area contributed by atoms with E-state index in [9.17, 15) is 10.1 Å². The molecule has 0 unspecified atom stereocenters. The normalized spacial score (nSPS) is 8.47. The minimum absolute atomic E-state index is 0.0337. The van der Waals surface area contributed by atoms with Gasteiger partial charge in [0, 0.05) is 11.8 Å². The van der Waals surface area contributed by atoms with Crippen LogP contribution in [0.5, 0.6) is 0 Å². The smallest absolute Gasteiger partial charge is 0.285 e. The molecule has 0 radical (unpaired) electrons. The molecule has 0 aliphatic carbocycles. The highest BCUT2D eigenvalue weighted by Crippen LogP contribution is 2.19. The third kappa shape index (κ3) is 2.71. The third-order valence-electron chi connectivity index (χ3n) is 1.61. The molecule has 1 aromatic carbocycles. The molecule has 0 saturated heterocycles. The Kier molecular flexibility index (Phi) is 3.26. The maximum atomic E-state index is 10.6. The van der Waals surface area contributed by atoms with Crippen molar-refractivity contribution in [2.45, 2.75) is 6.42 Å². The summed E-state index contributed by atoms with van der Waals surface area (Å²) in [6.45, 7) is 0. The van der Waals surface area contributed by atoms with Gasteiger partial charge >= 0.3 is 0 Å². The Balaban J connectivity index is 3.16. The Morgan fingerprint density at radius 2 is 2.27 bits per heavy atom. The molecule has 5 nitrogen and oxygen atoms in total. The van der Waals surface area contributed by atoms with E-state index in [1.807, 2.05) is 6.07 Å². The third-order valence-corrected chi connectivity index (χ3v) is 1.61. The van der Waals surface area contributed by atoms with Gasteiger partial charge < -0.3 is 5.73 Å². The first-order valence-electron chi connectivity index (χ1n) is 4.05. The summed E-state index contributed by atoms with van der Waals surface area (Å²) in [5, 5.41) is 18.9. The summed E-state index contributed by atoms with van der Waals surface area (Å²) in [6.07, 6.45) is 0.0337. The number of nitrogens with two attached hydrogens (primary N) is 1. The van der Waals surface area contributed by atoms with Gasteiger partial charge in [0.1, 0.15) is 5.56 Å². The van der Waals surface area contributed by atoms with Gasteiger partial charge in [-0.2, -0.15) is 5.26 Å². The van der Waals surface area contributed by atoms with E-state index in [1.165, 1.54) is 18.2 Å². The second kappa shape index (κ2) is 4.64. The maximum absolute atomic E-state index is 10.6. The van der Waals surface area contributed by atoms with Crippen LogP contribution in [-0.2, 0) is 0 Å². The topological polar surface area (TPSA) is 93.0 Å². The number of anilines is 1. The Morgan fingerprint density at radius 3 is 2.87 bits per heavy atom. The molecule has 0 fully saturated rings. The van der Waals surface area contributed by atoms with E-state index in [1.54, 1.807) is 0 Å². The van der Waals surface area contributed by atoms with Crippen LogP contribution in [0, 0.1) is 33.3 Å². The van der Waals surface area contributed by atoms with Crippen molar-refractivity contribution in [3.05, 3.63) is 33.9 Å². The monoisotopic (exact) mass is 201 g/mol. The number of hydrogen-bond donors (Lipinski definition) is 1. The molecule has 0 aliphatic heterocycles. The molecule has 5 heteroatoms. The summed E-state index contributed by atoms with van der Waals surface area (Å²) in [7, 11) is 0. The molecular formula is C10H7N3O2. The molecule has 0 bridgehead atoms. The van der Waals surface area contributed by atoms with E-state index in [4.69, 9.17) is 11.0 Å². The van der Waals surface area contributed by atoms with E-state index in [2.05, 4.69) is 11.8 Å². The lowest BCUT2D eigenvalue weighted by atomic mass is 10.1. The number of nitriles is 1. The summed E-state index contributed by atoms with van der Waals surface area (Å²) in [6, 6.07) is 5.98. The largest absolute Gasteiger partial charge is 0.399 e. The number of nitrogens with zero attached hydrogens (tertiary/aromatic N) is 2. The van der Waals surface area contributed by atoms with E-state index in [0.717, 1.165) is 0 Å². The molecule has 74 valence electrons. The van der Waals surface area contributed by atoms with Crippen LogP contribution in [-0.4, -0.2) is 4.92 Å². The van der Waals surface area contributed by atoms with Crippen molar-refractivity contribution < 1.29 is 4.92 Å². The Morgan fingerprint density at radius 1 is 1.53 bits per heavy atom. The molecule has 1 aromatic rings. The van der Waals surface area contributed by atoms with Crippen LogP contribution in [0.2, 0.25) is 0 Å². The first kappa shape index (κ1) is 10.6. The number of rotatable bonds is 1. The fraction of sp³-hybridized carbons (Fsp3) is 0.100. The highest BCUT2D eigenvalue weighted by Gasteiger charge is 2.11. The van der Waals surface area contributed by atoms with Crippen LogP contribution in [0.4, 0.5) is 11.4 Å². The zero-order valence-electron chi connectivity index (χ0n) is 7.73. The summed E-state index contributed by atoms with van der Waals surface area (Å²) in [5.74, 6) is 5.04. The van der Waals surface area contributed by atoms with Crippen LogP contribution in [0.3, 0.4) is 0 Å². The quantitative estimate of drug-likeness (QED) is 0.322. The SMILES string of the molecule is N#CCC#Cc1cc(N)ccc1[N+](=O)[O-]. The summed E-state index contributed by atoms with van der Waals surface area (Å²) in [5.41, 5.74) is 6.01. The van der Waals surface area contributed by atoms with Gasteiger partial charge in [0.05, 0.1) is 17.4 Å². The summed E-state index contributed by atoms with van der Waals surface area (Å²) >= 11 is 0. The van der Waals surface area contributed by atoms with Crippen molar-refractivity contribution in [3.8, 4) is 17.9 Å². The molecule has 2 N–H and O–H groups in total. The van der Waals surface area contributed by atoms with Crippen LogP contribution >= 0.6 is 0 Å². The number of nitro benzene ring substituents is 1. The van der Waals surface area contributed by atoms with Gasteiger partial charge in [-0.15, -0.1) is 0 Å². The fourth-order valence-electron chi connectivity index (χ4n) is 0.992. The number of nitrogen functional groups attached to an aromatic ring is 1. The molecule has 15 heavy (non-hydrogen) atoms. The lowest BCUT2D eigenvalue weighted by Crippen LogP contribution is -1.94. The molecule has 0 aromatic heterocycles. The summed E-state index contributed by atoms with van der Waals surface area (Å²) < 4.78 is 0. The van der Waals surface area contributed by atoms with E-state index < -0.39 is 4.92 Å². The first-order chi connectivity index (χ1) is 7.15. The van der Waals surface area contributed by atoms with Crippen molar-refractivity contribution >= 4 is 11.4 Å². The minimum Gasteiger partial charge on any atom is -0.399 e. The number of nitro groups is 1. The molecule has 0 aliphatic rings. The maximum Gasteiger partial charge on any atom is 0.285 e. The van der Waals surface area contributed by atoms with Gasteiger partial charge in [0.15, 0.2) is 0 Å².